The maximum absolute atomic E-state index is 11.9. The minimum Gasteiger partial charge on any atom is -0.269 e. The van der Waals surface area contributed by atoms with Gasteiger partial charge in [-0.1, -0.05) is 0 Å². The largest absolute Gasteiger partial charge is 0.269 e. The van der Waals surface area contributed by atoms with Crippen molar-refractivity contribution in [1.82, 2.24) is 0 Å². The molecule has 0 aromatic heterocycles. The van der Waals surface area contributed by atoms with Gasteiger partial charge in [0.05, 0.1) is 17.3 Å². The fourth-order valence-corrected chi connectivity index (χ4v) is 1.67. The molecule has 0 radical (unpaired) electrons. The molecule has 84 valence electrons. The van der Waals surface area contributed by atoms with Gasteiger partial charge in [0.15, 0.2) is 0 Å². The summed E-state index contributed by atoms with van der Waals surface area (Å²) in [6.45, 7) is 3.28. The maximum Gasteiger partial charge on any atom is 0.261 e. The van der Waals surface area contributed by atoms with Crippen molar-refractivity contribution in [2.45, 2.75) is 13.8 Å². The van der Waals surface area contributed by atoms with Crippen molar-refractivity contribution in [1.29, 1.82) is 5.26 Å². The summed E-state index contributed by atoms with van der Waals surface area (Å²) in [6.07, 6.45) is 0. The van der Waals surface area contributed by atoms with Gasteiger partial charge >= 0.3 is 0 Å². The van der Waals surface area contributed by atoms with Crippen LogP contribution in [-0.4, -0.2) is 11.8 Å². The minimum atomic E-state index is -0.294. The van der Waals surface area contributed by atoms with Crippen molar-refractivity contribution in [2.75, 3.05) is 4.90 Å². The molecule has 1 aromatic carbocycles. The van der Waals surface area contributed by atoms with Gasteiger partial charge < -0.3 is 0 Å². The molecule has 4 nitrogen and oxygen atoms in total. The van der Waals surface area contributed by atoms with Gasteiger partial charge in [-0.05, 0) is 38.1 Å². The Bertz CT molecular complexity index is 552. The molecule has 1 heterocycles. The number of carbonyl (C=O) groups excluding carboxylic acids is 2. The smallest absolute Gasteiger partial charge is 0.261 e. The van der Waals surface area contributed by atoms with Crippen LogP contribution < -0.4 is 4.90 Å². The minimum absolute atomic E-state index is 0.294. The number of benzene rings is 1. The molecule has 0 atom stereocenters. The lowest BCUT2D eigenvalue weighted by molar-refractivity contribution is -0.120. The molecule has 0 unspecified atom stereocenters. The number of carbonyl (C=O) groups is 2. The summed E-state index contributed by atoms with van der Waals surface area (Å²) in [6, 6.07) is 8.35. The van der Waals surface area contributed by atoms with Crippen LogP contribution in [0.2, 0.25) is 0 Å². The quantitative estimate of drug-likeness (QED) is 0.685. The van der Waals surface area contributed by atoms with Gasteiger partial charge in [-0.25, -0.2) is 4.90 Å². The van der Waals surface area contributed by atoms with E-state index < -0.39 is 0 Å². The van der Waals surface area contributed by atoms with E-state index >= 15 is 0 Å². The number of hydrogen-bond acceptors (Lipinski definition) is 3. The van der Waals surface area contributed by atoms with Gasteiger partial charge in [-0.2, -0.15) is 5.26 Å². The van der Waals surface area contributed by atoms with Crippen LogP contribution in [0.1, 0.15) is 19.4 Å². The van der Waals surface area contributed by atoms with Crippen molar-refractivity contribution in [3.8, 4) is 6.07 Å². The van der Waals surface area contributed by atoms with E-state index in [1.807, 2.05) is 6.07 Å². The number of imide groups is 1. The zero-order chi connectivity index (χ0) is 12.6. The van der Waals surface area contributed by atoms with Crippen molar-refractivity contribution < 1.29 is 9.59 Å². The number of rotatable bonds is 1. The molecule has 0 aliphatic carbocycles. The summed E-state index contributed by atoms with van der Waals surface area (Å²) >= 11 is 0. The molecule has 2 amide bonds. The second-order valence-corrected chi connectivity index (χ2v) is 3.85. The van der Waals surface area contributed by atoms with Crippen LogP contribution in [0.4, 0.5) is 5.69 Å². The summed E-state index contributed by atoms with van der Waals surface area (Å²) < 4.78 is 0. The van der Waals surface area contributed by atoms with Crippen molar-refractivity contribution >= 4 is 17.5 Å². The highest BCUT2D eigenvalue weighted by molar-refractivity contribution is 6.32. The van der Waals surface area contributed by atoms with Crippen LogP contribution in [0, 0.1) is 11.3 Å². The van der Waals surface area contributed by atoms with Crippen LogP contribution in [0.25, 0.3) is 0 Å². The Balaban J connectivity index is 2.40. The molecule has 4 heteroatoms. The average Bonchev–Trinajstić information content (AvgIpc) is 2.54. The van der Waals surface area contributed by atoms with Gasteiger partial charge in [0.1, 0.15) is 0 Å². The summed E-state index contributed by atoms with van der Waals surface area (Å²) in [5, 5.41) is 8.68. The molecule has 1 aliphatic rings. The van der Waals surface area contributed by atoms with Gasteiger partial charge in [-0.15, -0.1) is 0 Å². The molecule has 1 aliphatic heterocycles. The normalized spacial score (nSPS) is 15.5. The van der Waals surface area contributed by atoms with Gasteiger partial charge in [0.25, 0.3) is 11.8 Å². The van der Waals surface area contributed by atoms with E-state index in [4.69, 9.17) is 5.26 Å². The highest BCUT2D eigenvalue weighted by atomic mass is 16.2. The lowest BCUT2D eigenvalue weighted by Crippen LogP contribution is -2.31. The molecule has 0 fully saturated rings. The second kappa shape index (κ2) is 3.87. The highest BCUT2D eigenvalue weighted by Gasteiger charge is 2.34. The Morgan fingerprint density at radius 1 is 1.00 bits per heavy atom. The first-order valence-electron chi connectivity index (χ1n) is 5.12. The molecule has 0 bridgehead atoms. The third kappa shape index (κ3) is 1.62. The monoisotopic (exact) mass is 226 g/mol. The third-order valence-electron chi connectivity index (χ3n) is 2.86. The molecule has 0 N–H and O–H groups in total. The number of nitrogens with zero attached hydrogens (tertiary/aromatic N) is 2. The Labute approximate surface area is 98.8 Å². The fourth-order valence-electron chi connectivity index (χ4n) is 1.67. The van der Waals surface area contributed by atoms with E-state index in [0.29, 0.717) is 22.4 Å². The Hall–Kier alpha value is -2.41. The van der Waals surface area contributed by atoms with Crippen molar-refractivity contribution in [3.63, 3.8) is 0 Å². The SMILES string of the molecule is CC1=C(C)C(=O)N(c2ccc(C#N)cc2)C1=O. The zero-order valence-electron chi connectivity index (χ0n) is 9.52. The van der Waals surface area contributed by atoms with Gasteiger partial charge in [0, 0.05) is 11.1 Å². The molecule has 17 heavy (non-hydrogen) atoms. The van der Waals surface area contributed by atoms with E-state index in [9.17, 15) is 9.59 Å². The Morgan fingerprint density at radius 2 is 1.47 bits per heavy atom. The van der Waals surface area contributed by atoms with Gasteiger partial charge in [-0.3, -0.25) is 9.59 Å². The predicted molar refractivity (Wildman–Crippen MR) is 62.0 cm³/mol. The molecule has 0 saturated carbocycles. The highest BCUT2D eigenvalue weighted by Crippen LogP contribution is 2.26. The Kier molecular flexibility index (Phi) is 2.52. The van der Waals surface area contributed by atoms with Crippen molar-refractivity contribution in [3.05, 3.63) is 41.0 Å². The molecular weight excluding hydrogens is 216 g/mol. The zero-order valence-corrected chi connectivity index (χ0v) is 9.52. The number of amides is 2. The van der Waals surface area contributed by atoms with E-state index in [1.54, 1.807) is 38.1 Å². The summed E-state index contributed by atoms with van der Waals surface area (Å²) in [7, 11) is 0. The molecular formula is C13H10N2O2. The topological polar surface area (TPSA) is 61.2 Å². The number of hydrogen-bond donors (Lipinski definition) is 0. The first-order chi connectivity index (χ1) is 8.06. The van der Waals surface area contributed by atoms with E-state index in [-0.39, 0.29) is 11.8 Å². The van der Waals surface area contributed by atoms with Crippen LogP contribution in [-0.2, 0) is 9.59 Å². The van der Waals surface area contributed by atoms with Crippen LogP contribution in [0.15, 0.2) is 35.4 Å². The molecule has 1 aromatic rings. The number of nitriles is 1. The van der Waals surface area contributed by atoms with Crippen LogP contribution in [0.3, 0.4) is 0 Å². The lowest BCUT2D eigenvalue weighted by atomic mass is 10.2. The summed E-state index contributed by atoms with van der Waals surface area (Å²) in [4.78, 5) is 24.9. The summed E-state index contributed by atoms with van der Waals surface area (Å²) in [5.41, 5.74) is 1.93. The van der Waals surface area contributed by atoms with E-state index in [2.05, 4.69) is 0 Å². The summed E-state index contributed by atoms with van der Waals surface area (Å²) in [5.74, 6) is -0.589. The van der Waals surface area contributed by atoms with Crippen molar-refractivity contribution in [2.24, 2.45) is 0 Å². The molecule has 2 rings (SSSR count). The Morgan fingerprint density at radius 3 is 1.88 bits per heavy atom. The van der Waals surface area contributed by atoms with Gasteiger partial charge in [0.2, 0.25) is 0 Å². The van der Waals surface area contributed by atoms with E-state index in [1.165, 1.54) is 0 Å². The van der Waals surface area contributed by atoms with Crippen LogP contribution in [0.5, 0.6) is 0 Å². The van der Waals surface area contributed by atoms with E-state index in [0.717, 1.165) is 4.90 Å². The predicted octanol–water partition coefficient (Wildman–Crippen LogP) is 1.77. The first-order valence-corrected chi connectivity index (χ1v) is 5.12. The standard InChI is InChI=1S/C13H10N2O2/c1-8-9(2)13(17)15(12(8)16)11-5-3-10(7-14)4-6-11/h3-6H,1-2H3. The first kappa shape index (κ1) is 11.1. The fraction of sp³-hybridized carbons (Fsp3) is 0.154. The number of anilines is 1. The molecule has 0 spiro atoms. The third-order valence-corrected chi connectivity index (χ3v) is 2.86. The average molecular weight is 226 g/mol. The second-order valence-electron chi connectivity index (χ2n) is 3.85. The van der Waals surface area contributed by atoms with Crippen LogP contribution >= 0.6 is 0 Å². The lowest BCUT2D eigenvalue weighted by Gasteiger charge is -2.14. The maximum atomic E-state index is 11.9. The molecule has 0 saturated heterocycles.